The minimum Gasteiger partial charge on any atom is -0.462 e. The fraction of sp³-hybridized carbons (Fsp3) is 0.571. The second-order valence-electron chi connectivity index (χ2n) is 8.47. The van der Waals surface area contributed by atoms with Crippen LogP contribution < -0.4 is 0 Å². The Bertz CT molecular complexity index is 971. The zero-order valence-corrected chi connectivity index (χ0v) is 18.0. The normalized spacial score (nSPS) is 15.9. The van der Waals surface area contributed by atoms with Gasteiger partial charge in [-0.1, -0.05) is 0 Å². The Hall–Kier alpha value is -2.78. The van der Waals surface area contributed by atoms with Gasteiger partial charge in [-0.3, -0.25) is 0 Å². The average molecular weight is 441 g/mol. The smallest absolute Gasteiger partial charge is 0.436 e. The summed E-state index contributed by atoms with van der Waals surface area (Å²) in [6.07, 6.45) is -2.48. The van der Waals surface area contributed by atoms with E-state index in [1.807, 2.05) is 0 Å². The highest BCUT2D eigenvalue weighted by Gasteiger charge is 2.41. The zero-order valence-electron chi connectivity index (χ0n) is 18.0. The van der Waals surface area contributed by atoms with Crippen LogP contribution in [0.2, 0.25) is 0 Å². The van der Waals surface area contributed by atoms with Crippen LogP contribution in [0.25, 0.3) is 5.52 Å². The van der Waals surface area contributed by atoms with E-state index in [1.54, 1.807) is 37.8 Å². The maximum absolute atomic E-state index is 13.4. The Balaban J connectivity index is 1.85. The second kappa shape index (κ2) is 8.39. The molecule has 0 atom stereocenters. The Labute approximate surface area is 178 Å². The molecule has 0 radical (unpaired) electrons. The summed E-state index contributed by atoms with van der Waals surface area (Å²) in [4.78, 5) is 26.1. The molecule has 0 spiro atoms. The summed E-state index contributed by atoms with van der Waals surface area (Å²) >= 11 is 0. The van der Waals surface area contributed by atoms with Crippen LogP contribution in [0.4, 0.5) is 18.0 Å². The van der Waals surface area contributed by atoms with E-state index in [0.29, 0.717) is 25.9 Å². The topological polar surface area (TPSA) is 73.1 Å². The van der Waals surface area contributed by atoms with E-state index in [2.05, 4.69) is 5.10 Å². The Morgan fingerprint density at radius 2 is 1.84 bits per heavy atom. The predicted molar refractivity (Wildman–Crippen MR) is 106 cm³/mol. The van der Waals surface area contributed by atoms with Gasteiger partial charge in [-0.05, 0) is 64.2 Å². The van der Waals surface area contributed by atoms with Crippen molar-refractivity contribution < 1.29 is 32.2 Å². The van der Waals surface area contributed by atoms with E-state index in [9.17, 15) is 22.8 Å². The number of fused-ring (bicyclic) bond motifs is 1. The molecule has 3 heterocycles. The Morgan fingerprint density at radius 3 is 2.39 bits per heavy atom. The maximum atomic E-state index is 13.4. The van der Waals surface area contributed by atoms with Crippen LogP contribution in [0.1, 0.15) is 68.1 Å². The monoisotopic (exact) mass is 441 g/mol. The van der Waals surface area contributed by atoms with E-state index in [0.717, 1.165) is 10.1 Å². The molecule has 0 bridgehead atoms. The molecule has 0 N–H and O–H groups in total. The number of nitrogens with zero attached hydrogens (tertiary/aromatic N) is 3. The number of alkyl halides is 3. The number of halogens is 3. The van der Waals surface area contributed by atoms with Crippen LogP contribution in [0.5, 0.6) is 0 Å². The van der Waals surface area contributed by atoms with E-state index in [4.69, 9.17) is 9.47 Å². The molecular weight excluding hydrogens is 415 g/mol. The molecule has 0 aromatic carbocycles. The fourth-order valence-corrected chi connectivity index (χ4v) is 3.64. The number of esters is 1. The third-order valence-corrected chi connectivity index (χ3v) is 5.03. The van der Waals surface area contributed by atoms with Crippen molar-refractivity contribution in [2.45, 2.75) is 58.2 Å². The minimum atomic E-state index is -4.78. The molecule has 3 rings (SSSR count). The molecule has 0 unspecified atom stereocenters. The van der Waals surface area contributed by atoms with Gasteiger partial charge in [0.25, 0.3) is 0 Å². The minimum absolute atomic E-state index is 0.0305. The van der Waals surface area contributed by atoms with Crippen LogP contribution in [0.3, 0.4) is 0 Å². The van der Waals surface area contributed by atoms with Gasteiger partial charge < -0.3 is 14.4 Å². The molecule has 10 heteroatoms. The summed E-state index contributed by atoms with van der Waals surface area (Å²) in [5, 5.41) is 3.56. The number of carbonyl (C=O) groups is 2. The second-order valence-corrected chi connectivity index (χ2v) is 8.47. The number of aromatic nitrogens is 2. The van der Waals surface area contributed by atoms with Gasteiger partial charge in [0.1, 0.15) is 11.2 Å². The molecular formula is C21H26F3N3O4. The molecule has 2 aromatic heterocycles. The maximum Gasteiger partial charge on any atom is 0.436 e. The van der Waals surface area contributed by atoms with Gasteiger partial charge in [0.05, 0.1) is 12.1 Å². The molecule has 170 valence electrons. The van der Waals surface area contributed by atoms with Crippen molar-refractivity contribution in [3.05, 3.63) is 35.2 Å². The first-order chi connectivity index (χ1) is 14.4. The molecule has 0 saturated carbocycles. The summed E-state index contributed by atoms with van der Waals surface area (Å²) in [7, 11) is 0. The van der Waals surface area contributed by atoms with E-state index >= 15 is 0 Å². The third kappa shape index (κ3) is 5.11. The highest BCUT2D eigenvalue weighted by molar-refractivity contribution is 5.98. The first kappa shape index (κ1) is 22.9. The van der Waals surface area contributed by atoms with Crippen molar-refractivity contribution in [1.82, 2.24) is 14.5 Å². The zero-order chi connectivity index (χ0) is 23.0. The molecule has 0 aliphatic carbocycles. The summed E-state index contributed by atoms with van der Waals surface area (Å²) in [5.41, 5.74) is -1.58. The largest absolute Gasteiger partial charge is 0.462 e. The molecule has 1 aliphatic heterocycles. The van der Waals surface area contributed by atoms with E-state index in [-0.39, 0.29) is 24.1 Å². The Morgan fingerprint density at radius 1 is 1.19 bits per heavy atom. The van der Waals surface area contributed by atoms with E-state index < -0.39 is 29.0 Å². The quantitative estimate of drug-likeness (QED) is 0.649. The lowest BCUT2D eigenvalue weighted by atomic mass is 9.89. The predicted octanol–water partition coefficient (Wildman–Crippen LogP) is 4.64. The summed E-state index contributed by atoms with van der Waals surface area (Å²) in [6, 6.07) is 3.26. The highest BCUT2D eigenvalue weighted by Crippen LogP contribution is 2.35. The average Bonchev–Trinajstić information content (AvgIpc) is 3.06. The third-order valence-electron chi connectivity index (χ3n) is 5.03. The van der Waals surface area contributed by atoms with Crippen molar-refractivity contribution in [2.75, 3.05) is 19.7 Å². The number of likely N-dealkylation sites (tertiary alicyclic amines) is 1. The van der Waals surface area contributed by atoms with Gasteiger partial charge in [-0.25, -0.2) is 14.1 Å². The first-order valence-corrected chi connectivity index (χ1v) is 10.1. The number of hydrogen-bond acceptors (Lipinski definition) is 5. The number of hydrogen-bond donors (Lipinski definition) is 0. The van der Waals surface area contributed by atoms with Crippen molar-refractivity contribution in [2.24, 2.45) is 0 Å². The SMILES string of the molecule is CCOC(=O)c1c(C(F)(F)F)nn2ccc(C3CCN(C(=O)OC(C)(C)C)CC3)cc12. The number of pyridine rings is 1. The van der Waals surface area contributed by atoms with Gasteiger partial charge in [-0.2, -0.15) is 18.3 Å². The summed E-state index contributed by atoms with van der Waals surface area (Å²) < 4.78 is 51.6. The van der Waals surface area contributed by atoms with Gasteiger partial charge >= 0.3 is 18.2 Å². The lowest BCUT2D eigenvalue weighted by molar-refractivity contribution is -0.141. The van der Waals surface area contributed by atoms with Gasteiger partial charge in [0.15, 0.2) is 5.69 Å². The molecule has 2 aromatic rings. The van der Waals surface area contributed by atoms with Crippen molar-refractivity contribution >= 4 is 17.6 Å². The summed E-state index contributed by atoms with van der Waals surface area (Å²) in [6.45, 7) is 7.83. The number of carbonyl (C=O) groups excluding carboxylic acids is 2. The van der Waals surface area contributed by atoms with Crippen LogP contribution in [0, 0.1) is 0 Å². The van der Waals surface area contributed by atoms with Gasteiger partial charge in [0, 0.05) is 19.3 Å². The molecule has 1 aliphatic rings. The highest BCUT2D eigenvalue weighted by atomic mass is 19.4. The van der Waals surface area contributed by atoms with Crippen LogP contribution in [-0.4, -0.2) is 51.9 Å². The van der Waals surface area contributed by atoms with Crippen molar-refractivity contribution in [1.29, 1.82) is 0 Å². The van der Waals surface area contributed by atoms with Crippen LogP contribution >= 0.6 is 0 Å². The number of rotatable bonds is 3. The lowest BCUT2D eigenvalue weighted by Crippen LogP contribution is -2.41. The van der Waals surface area contributed by atoms with Crippen LogP contribution in [-0.2, 0) is 15.7 Å². The van der Waals surface area contributed by atoms with Crippen molar-refractivity contribution in [3.63, 3.8) is 0 Å². The number of piperidine rings is 1. The molecule has 1 amide bonds. The fourth-order valence-electron chi connectivity index (χ4n) is 3.64. The molecule has 7 nitrogen and oxygen atoms in total. The molecule has 1 saturated heterocycles. The van der Waals surface area contributed by atoms with E-state index in [1.165, 1.54) is 13.1 Å². The number of ether oxygens (including phenoxy) is 2. The lowest BCUT2D eigenvalue weighted by Gasteiger charge is -2.33. The van der Waals surface area contributed by atoms with Gasteiger partial charge in [-0.15, -0.1) is 0 Å². The number of amides is 1. The molecule has 1 fully saturated rings. The Kier molecular flexibility index (Phi) is 6.20. The molecule has 31 heavy (non-hydrogen) atoms. The van der Waals surface area contributed by atoms with Crippen LogP contribution in [0.15, 0.2) is 18.3 Å². The first-order valence-electron chi connectivity index (χ1n) is 10.1. The van der Waals surface area contributed by atoms with Gasteiger partial charge in [0.2, 0.25) is 0 Å². The van der Waals surface area contributed by atoms with Crippen molar-refractivity contribution in [3.8, 4) is 0 Å². The summed E-state index contributed by atoms with van der Waals surface area (Å²) in [5.74, 6) is -1.02. The standard InChI is InChI=1S/C21H26F3N3O4/c1-5-30-18(28)16-15-12-14(8-11-27(15)25-17(16)21(22,23)24)13-6-9-26(10-7-13)19(29)31-20(2,3)4/h8,11-13H,5-7,9-10H2,1-4H3.